The zero-order chi connectivity index (χ0) is 20.4. The standard InChI is InChI=1S/C24H25NO3/c1-6-28-24(27)22-18(5)25(20-11-10-16(3)17(4)13-20)23(26)21(22)14-19-9-7-8-15(2)12-19/h7-14H,6H2,1-5H3/b21-14-. The van der Waals surface area contributed by atoms with Crippen LogP contribution in [0.25, 0.3) is 6.08 Å². The number of ether oxygens (including phenoxy) is 1. The summed E-state index contributed by atoms with van der Waals surface area (Å²) in [5, 5.41) is 0. The Morgan fingerprint density at radius 1 is 1.04 bits per heavy atom. The van der Waals surface area contributed by atoms with Crippen LogP contribution in [0.4, 0.5) is 5.69 Å². The Morgan fingerprint density at radius 3 is 2.43 bits per heavy atom. The largest absolute Gasteiger partial charge is 0.462 e. The molecule has 28 heavy (non-hydrogen) atoms. The van der Waals surface area contributed by atoms with Crippen molar-refractivity contribution in [1.29, 1.82) is 0 Å². The molecule has 0 radical (unpaired) electrons. The normalized spacial score (nSPS) is 15.5. The number of rotatable bonds is 4. The number of carbonyl (C=O) groups is 2. The van der Waals surface area contributed by atoms with Crippen LogP contribution >= 0.6 is 0 Å². The highest BCUT2D eigenvalue weighted by molar-refractivity contribution is 6.23. The van der Waals surface area contributed by atoms with Crippen LogP contribution in [0, 0.1) is 20.8 Å². The molecular formula is C24H25NO3. The fourth-order valence-electron chi connectivity index (χ4n) is 3.38. The molecule has 144 valence electrons. The number of carbonyl (C=O) groups excluding carboxylic acids is 2. The van der Waals surface area contributed by atoms with Crippen LogP contribution in [0.15, 0.2) is 59.3 Å². The van der Waals surface area contributed by atoms with Gasteiger partial charge >= 0.3 is 5.97 Å². The maximum absolute atomic E-state index is 13.3. The van der Waals surface area contributed by atoms with Gasteiger partial charge in [0.1, 0.15) is 0 Å². The minimum atomic E-state index is -0.474. The highest BCUT2D eigenvalue weighted by Gasteiger charge is 2.38. The van der Waals surface area contributed by atoms with Gasteiger partial charge in [-0.3, -0.25) is 9.69 Å². The van der Waals surface area contributed by atoms with Gasteiger partial charge in [0, 0.05) is 11.4 Å². The average molecular weight is 375 g/mol. The highest BCUT2D eigenvalue weighted by atomic mass is 16.5. The molecule has 3 rings (SSSR count). The third kappa shape index (κ3) is 3.63. The van der Waals surface area contributed by atoms with Crippen LogP contribution in [0.1, 0.15) is 36.1 Å². The molecule has 0 spiro atoms. The summed E-state index contributed by atoms with van der Waals surface area (Å²) in [7, 11) is 0. The summed E-state index contributed by atoms with van der Waals surface area (Å²) < 4.78 is 5.25. The lowest BCUT2D eigenvalue weighted by molar-refractivity contribution is -0.138. The van der Waals surface area contributed by atoms with E-state index in [2.05, 4.69) is 0 Å². The van der Waals surface area contributed by atoms with Crippen molar-refractivity contribution < 1.29 is 14.3 Å². The Morgan fingerprint density at radius 2 is 1.79 bits per heavy atom. The first kappa shape index (κ1) is 19.6. The molecule has 0 saturated heterocycles. The van der Waals surface area contributed by atoms with Gasteiger partial charge in [-0.2, -0.15) is 0 Å². The Labute approximate surface area is 166 Å². The molecule has 2 aromatic rings. The number of amides is 1. The van der Waals surface area contributed by atoms with Crippen molar-refractivity contribution in [2.45, 2.75) is 34.6 Å². The van der Waals surface area contributed by atoms with E-state index in [1.165, 1.54) is 0 Å². The molecule has 0 fully saturated rings. The van der Waals surface area contributed by atoms with Crippen LogP contribution in [0.2, 0.25) is 0 Å². The first-order chi connectivity index (χ1) is 13.3. The minimum Gasteiger partial charge on any atom is -0.462 e. The van der Waals surface area contributed by atoms with Crippen molar-refractivity contribution in [3.8, 4) is 0 Å². The molecule has 4 heteroatoms. The van der Waals surface area contributed by atoms with Crippen molar-refractivity contribution in [1.82, 2.24) is 0 Å². The van der Waals surface area contributed by atoms with Crippen molar-refractivity contribution in [3.05, 3.63) is 81.6 Å². The highest BCUT2D eigenvalue weighted by Crippen LogP contribution is 2.36. The van der Waals surface area contributed by atoms with E-state index < -0.39 is 5.97 Å². The molecule has 1 amide bonds. The molecule has 1 aliphatic heterocycles. The van der Waals surface area contributed by atoms with E-state index in [0.717, 1.165) is 27.9 Å². The molecule has 2 aromatic carbocycles. The molecule has 1 aliphatic rings. The van der Waals surface area contributed by atoms with E-state index in [4.69, 9.17) is 4.74 Å². The Bertz CT molecular complexity index is 1010. The molecule has 0 aromatic heterocycles. The molecule has 0 unspecified atom stereocenters. The molecule has 4 nitrogen and oxygen atoms in total. The van der Waals surface area contributed by atoms with Gasteiger partial charge in [0.15, 0.2) is 0 Å². The van der Waals surface area contributed by atoms with Gasteiger partial charge in [0.2, 0.25) is 0 Å². The van der Waals surface area contributed by atoms with Gasteiger partial charge in [-0.15, -0.1) is 0 Å². The Balaban J connectivity index is 2.15. The van der Waals surface area contributed by atoms with Crippen LogP contribution in [-0.4, -0.2) is 18.5 Å². The lowest BCUT2D eigenvalue weighted by Gasteiger charge is -2.19. The van der Waals surface area contributed by atoms with Gasteiger partial charge in [-0.25, -0.2) is 4.79 Å². The number of benzene rings is 2. The third-order valence-corrected chi connectivity index (χ3v) is 4.98. The number of anilines is 1. The second kappa shape index (κ2) is 7.85. The Kier molecular flexibility index (Phi) is 5.50. The summed E-state index contributed by atoms with van der Waals surface area (Å²) in [6, 6.07) is 13.7. The zero-order valence-corrected chi connectivity index (χ0v) is 17.0. The first-order valence-electron chi connectivity index (χ1n) is 9.42. The van der Waals surface area contributed by atoms with Gasteiger partial charge in [0.25, 0.3) is 5.91 Å². The van der Waals surface area contributed by atoms with Crippen LogP contribution in [0.5, 0.6) is 0 Å². The van der Waals surface area contributed by atoms with Gasteiger partial charge in [0.05, 0.1) is 17.8 Å². The maximum Gasteiger partial charge on any atom is 0.340 e. The Hall–Kier alpha value is -3.14. The summed E-state index contributed by atoms with van der Waals surface area (Å²) >= 11 is 0. The minimum absolute atomic E-state index is 0.217. The summed E-state index contributed by atoms with van der Waals surface area (Å²) in [6.45, 7) is 9.83. The number of hydrogen-bond acceptors (Lipinski definition) is 3. The number of esters is 1. The lowest BCUT2D eigenvalue weighted by atomic mass is 10.0. The predicted octanol–water partition coefficient (Wildman–Crippen LogP) is 4.88. The van der Waals surface area contributed by atoms with Gasteiger partial charge < -0.3 is 4.74 Å². The zero-order valence-electron chi connectivity index (χ0n) is 17.0. The molecule has 0 aliphatic carbocycles. The van der Waals surface area contributed by atoms with Crippen LogP contribution in [-0.2, 0) is 14.3 Å². The molecular weight excluding hydrogens is 350 g/mol. The number of nitrogens with zero attached hydrogens (tertiary/aromatic N) is 1. The van der Waals surface area contributed by atoms with Crippen molar-refractivity contribution in [2.75, 3.05) is 11.5 Å². The van der Waals surface area contributed by atoms with E-state index >= 15 is 0 Å². The number of aryl methyl sites for hydroxylation is 3. The van der Waals surface area contributed by atoms with E-state index in [1.54, 1.807) is 24.8 Å². The summed E-state index contributed by atoms with van der Waals surface area (Å²) in [5.74, 6) is -0.691. The quantitative estimate of drug-likeness (QED) is 0.565. The fourth-order valence-corrected chi connectivity index (χ4v) is 3.38. The predicted molar refractivity (Wildman–Crippen MR) is 112 cm³/mol. The summed E-state index contributed by atoms with van der Waals surface area (Å²) in [6.07, 6.45) is 1.77. The second-order valence-corrected chi connectivity index (χ2v) is 7.06. The molecule has 0 N–H and O–H groups in total. The first-order valence-corrected chi connectivity index (χ1v) is 9.42. The molecule has 0 bridgehead atoms. The summed E-state index contributed by atoms with van der Waals surface area (Å²) in [4.78, 5) is 27.6. The van der Waals surface area contributed by atoms with Crippen LogP contribution < -0.4 is 4.90 Å². The SMILES string of the molecule is CCOC(=O)C1=C(C)N(c2ccc(C)c(C)c2)C(=O)/C1=C\c1cccc(C)c1. The molecule has 1 heterocycles. The van der Waals surface area contributed by atoms with E-state index in [9.17, 15) is 9.59 Å². The van der Waals surface area contributed by atoms with E-state index in [0.29, 0.717) is 16.8 Å². The van der Waals surface area contributed by atoms with E-state index in [1.807, 2.05) is 63.2 Å². The second-order valence-electron chi connectivity index (χ2n) is 7.06. The van der Waals surface area contributed by atoms with Crippen LogP contribution in [0.3, 0.4) is 0 Å². The fraction of sp³-hybridized carbons (Fsp3) is 0.250. The van der Waals surface area contributed by atoms with E-state index in [-0.39, 0.29) is 12.5 Å². The maximum atomic E-state index is 13.3. The lowest BCUT2D eigenvalue weighted by Crippen LogP contribution is -2.24. The molecule has 0 saturated carbocycles. The molecule has 0 atom stereocenters. The third-order valence-electron chi connectivity index (χ3n) is 4.98. The van der Waals surface area contributed by atoms with Crippen molar-refractivity contribution >= 4 is 23.6 Å². The average Bonchev–Trinajstić information content (AvgIpc) is 2.88. The van der Waals surface area contributed by atoms with Crippen molar-refractivity contribution in [2.24, 2.45) is 0 Å². The monoisotopic (exact) mass is 375 g/mol. The van der Waals surface area contributed by atoms with Gasteiger partial charge in [-0.1, -0.05) is 35.9 Å². The number of hydrogen-bond donors (Lipinski definition) is 0. The van der Waals surface area contributed by atoms with Crippen molar-refractivity contribution in [3.63, 3.8) is 0 Å². The van der Waals surface area contributed by atoms with Gasteiger partial charge in [-0.05, 0) is 69.5 Å². The number of allylic oxidation sites excluding steroid dienone is 1. The topological polar surface area (TPSA) is 46.6 Å². The smallest absolute Gasteiger partial charge is 0.340 e. The summed E-state index contributed by atoms with van der Waals surface area (Å²) in [5.41, 5.74) is 6.23.